The van der Waals surface area contributed by atoms with E-state index in [0.29, 0.717) is 0 Å². The molecule has 0 spiro atoms. The van der Waals surface area contributed by atoms with Crippen molar-refractivity contribution in [3.63, 3.8) is 0 Å². The molecule has 0 bridgehead atoms. The summed E-state index contributed by atoms with van der Waals surface area (Å²) in [7, 11) is 0. The number of hydrogen-bond acceptors (Lipinski definition) is 0. The van der Waals surface area contributed by atoms with Gasteiger partial charge in [0.1, 0.15) is 0 Å². The second-order valence-corrected chi connectivity index (χ2v) is 4.80. The minimum atomic E-state index is 1.04. The maximum atomic E-state index is 3.07. The van der Waals surface area contributed by atoms with E-state index in [2.05, 4.69) is 18.2 Å². The zero-order valence-electron chi connectivity index (χ0n) is 9.54. The molecule has 0 aliphatic heterocycles. The number of benzene rings is 1. The lowest BCUT2D eigenvalue weighted by molar-refractivity contribution is 0.332. The van der Waals surface area contributed by atoms with Gasteiger partial charge in [0.05, 0.1) is 0 Å². The van der Waals surface area contributed by atoms with Crippen molar-refractivity contribution in [3.05, 3.63) is 35.9 Å². The fraction of sp³-hybridized carbons (Fsp3) is 0.600. The van der Waals surface area contributed by atoms with Crippen LogP contribution in [0.4, 0.5) is 0 Å². The molecule has 1 fully saturated rings. The molecule has 0 heterocycles. The molecule has 0 amide bonds. The van der Waals surface area contributed by atoms with Crippen LogP contribution in [-0.2, 0) is 6.42 Å². The summed E-state index contributed by atoms with van der Waals surface area (Å²) in [5.74, 6) is 1.04. The van der Waals surface area contributed by atoms with E-state index in [4.69, 9.17) is 0 Å². The second kappa shape index (κ2) is 5.95. The Morgan fingerprint density at radius 2 is 1.80 bits per heavy atom. The molecule has 15 heavy (non-hydrogen) atoms. The Balaban J connectivity index is 1.66. The molecule has 1 saturated carbocycles. The van der Waals surface area contributed by atoms with Crippen molar-refractivity contribution in [2.24, 2.45) is 5.92 Å². The summed E-state index contributed by atoms with van der Waals surface area (Å²) in [4.78, 5) is 0. The van der Waals surface area contributed by atoms with E-state index in [9.17, 15) is 0 Å². The predicted octanol–water partition coefficient (Wildman–Crippen LogP) is 4.39. The van der Waals surface area contributed by atoms with Gasteiger partial charge in [-0.1, -0.05) is 62.8 Å². The Morgan fingerprint density at radius 3 is 2.53 bits per heavy atom. The van der Waals surface area contributed by atoms with E-state index < -0.39 is 0 Å². The molecule has 81 valence electrons. The first-order valence-electron chi connectivity index (χ1n) is 6.40. The highest BCUT2D eigenvalue weighted by molar-refractivity contribution is 5.13. The van der Waals surface area contributed by atoms with E-state index in [1.165, 1.54) is 56.9 Å². The topological polar surface area (TPSA) is 0 Å². The van der Waals surface area contributed by atoms with Crippen LogP contribution in [0.3, 0.4) is 0 Å². The summed E-state index contributed by atoms with van der Waals surface area (Å²) in [6.07, 6.45) is 11.5. The van der Waals surface area contributed by atoms with E-state index in [1.54, 1.807) is 0 Å². The summed E-state index contributed by atoms with van der Waals surface area (Å²) >= 11 is 0. The maximum Gasteiger partial charge on any atom is -0.0184 e. The first kappa shape index (κ1) is 10.7. The van der Waals surface area contributed by atoms with E-state index in [1.807, 2.05) is 12.1 Å². The summed E-state index contributed by atoms with van der Waals surface area (Å²) in [5, 5.41) is 0. The lowest BCUT2D eigenvalue weighted by Gasteiger charge is -2.21. The predicted molar refractivity (Wildman–Crippen MR) is 64.8 cm³/mol. The van der Waals surface area contributed by atoms with Gasteiger partial charge >= 0.3 is 0 Å². The van der Waals surface area contributed by atoms with Crippen molar-refractivity contribution in [3.8, 4) is 0 Å². The number of hydrogen-bond donors (Lipinski definition) is 0. The van der Waals surface area contributed by atoms with Gasteiger partial charge in [0.25, 0.3) is 0 Å². The largest absolute Gasteiger partial charge is 0.0584 e. The average molecular weight is 201 g/mol. The zero-order valence-corrected chi connectivity index (χ0v) is 9.54. The Morgan fingerprint density at radius 1 is 1.07 bits per heavy atom. The first-order chi connectivity index (χ1) is 7.45. The summed E-state index contributed by atoms with van der Waals surface area (Å²) in [6, 6.07) is 11.5. The summed E-state index contributed by atoms with van der Waals surface area (Å²) < 4.78 is 0. The minimum absolute atomic E-state index is 1.04. The SMILES string of the molecule is [c]1ccc(CCCC2CCCCC2)cc1. The highest BCUT2D eigenvalue weighted by Crippen LogP contribution is 2.27. The third kappa shape index (κ3) is 3.70. The van der Waals surface area contributed by atoms with Gasteiger partial charge in [-0.3, -0.25) is 0 Å². The van der Waals surface area contributed by atoms with E-state index >= 15 is 0 Å². The Hall–Kier alpha value is -0.780. The van der Waals surface area contributed by atoms with Crippen LogP contribution in [0, 0.1) is 12.0 Å². The lowest BCUT2D eigenvalue weighted by atomic mass is 9.85. The quantitative estimate of drug-likeness (QED) is 0.677. The Labute approximate surface area is 93.7 Å². The zero-order chi connectivity index (χ0) is 10.3. The standard InChI is InChI=1S/C15H21/c1-3-8-14(9-4-1)12-7-13-15-10-5-2-6-11-15/h5-6,10-11,14H,1,3-4,7-9,12-13H2. The van der Waals surface area contributed by atoms with Crippen LogP contribution < -0.4 is 0 Å². The molecule has 1 radical (unpaired) electrons. The van der Waals surface area contributed by atoms with Crippen molar-refractivity contribution >= 4 is 0 Å². The van der Waals surface area contributed by atoms with Crippen LogP contribution in [0.15, 0.2) is 24.3 Å². The highest BCUT2D eigenvalue weighted by Gasteiger charge is 2.12. The molecule has 0 saturated heterocycles. The summed E-state index contributed by atoms with van der Waals surface area (Å²) in [6.45, 7) is 0. The molecule has 0 unspecified atom stereocenters. The molecule has 0 aromatic heterocycles. The molecule has 1 aliphatic rings. The van der Waals surface area contributed by atoms with Gasteiger partial charge in [-0.2, -0.15) is 0 Å². The molecule has 0 N–H and O–H groups in total. The normalized spacial score (nSPS) is 17.9. The van der Waals surface area contributed by atoms with E-state index in [0.717, 1.165) is 5.92 Å². The molecule has 1 aromatic carbocycles. The smallest absolute Gasteiger partial charge is 0.0184 e. The molecule has 2 rings (SSSR count). The second-order valence-electron chi connectivity index (χ2n) is 4.80. The fourth-order valence-electron chi connectivity index (χ4n) is 2.66. The van der Waals surface area contributed by atoms with Crippen molar-refractivity contribution in [1.82, 2.24) is 0 Å². The van der Waals surface area contributed by atoms with Crippen molar-refractivity contribution in [2.75, 3.05) is 0 Å². The molecule has 1 aliphatic carbocycles. The van der Waals surface area contributed by atoms with Gasteiger partial charge in [-0.05, 0) is 30.4 Å². The van der Waals surface area contributed by atoms with Gasteiger partial charge in [-0.25, -0.2) is 0 Å². The van der Waals surface area contributed by atoms with E-state index in [-0.39, 0.29) is 0 Å². The van der Waals surface area contributed by atoms with Crippen molar-refractivity contribution < 1.29 is 0 Å². The maximum absolute atomic E-state index is 3.07. The monoisotopic (exact) mass is 201 g/mol. The number of rotatable bonds is 4. The van der Waals surface area contributed by atoms with Gasteiger partial charge in [0.15, 0.2) is 0 Å². The molecule has 0 atom stereocenters. The van der Waals surface area contributed by atoms with Crippen LogP contribution >= 0.6 is 0 Å². The molecule has 1 aromatic rings. The summed E-state index contributed by atoms with van der Waals surface area (Å²) in [5.41, 5.74) is 1.48. The number of aryl methyl sites for hydroxylation is 1. The lowest BCUT2D eigenvalue weighted by Crippen LogP contribution is -2.06. The Bertz CT molecular complexity index is 257. The van der Waals surface area contributed by atoms with Crippen molar-refractivity contribution in [1.29, 1.82) is 0 Å². The van der Waals surface area contributed by atoms with Crippen LogP contribution in [0.25, 0.3) is 0 Å². The molecular weight excluding hydrogens is 180 g/mol. The van der Waals surface area contributed by atoms with Crippen LogP contribution in [0.5, 0.6) is 0 Å². The van der Waals surface area contributed by atoms with Crippen LogP contribution in [0.2, 0.25) is 0 Å². The third-order valence-electron chi connectivity index (χ3n) is 3.59. The average Bonchev–Trinajstić information content (AvgIpc) is 2.32. The Kier molecular flexibility index (Phi) is 4.25. The van der Waals surface area contributed by atoms with Gasteiger partial charge in [-0.15, -0.1) is 0 Å². The molecule has 0 nitrogen and oxygen atoms in total. The fourth-order valence-corrected chi connectivity index (χ4v) is 2.66. The van der Waals surface area contributed by atoms with Gasteiger partial charge in [0, 0.05) is 0 Å². The molecular formula is C15H21. The van der Waals surface area contributed by atoms with Crippen LogP contribution in [-0.4, -0.2) is 0 Å². The molecule has 0 heteroatoms. The van der Waals surface area contributed by atoms with Gasteiger partial charge in [0.2, 0.25) is 0 Å². The highest BCUT2D eigenvalue weighted by atomic mass is 14.2. The minimum Gasteiger partial charge on any atom is -0.0584 e. The van der Waals surface area contributed by atoms with Gasteiger partial charge < -0.3 is 0 Å². The first-order valence-corrected chi connectivity index (χ1v) is 6.40. The van der Waals surface area contributed by atoms with Crippen LogP contribution in [0.1, 0.15) is 50.5 Å². The van der Waals surface area contributed by atoms with Crippen molar-refractivity contribution in [2.45, 2.75) is 51.4 Å². The third-order valence-corrected chi connectivity index (χ3v) is 3.59.